The summed E-state index contributed by atoms with van der Waals surface area (Å²) in [5, 5.41) is 4.30. The molecule has 1 aliphatic rings. The van der Waals surface area contributed by atoms with Crippen LogP contribution in [0.15, 0.2) is 12.3 Å². The molecule has 12 heavy (non-hydrogen) atoms. The lowest BCUT2D eigenvalue weighted by molar-refractivity contribution is 0.568. The van der Waals surface area contributed by atoms with E-state index in [0.717, 1.165) is 12.5 Å². The molecular formula is C10H16N2. The first kappa shape index (κ1) is 7.84. The maximum Gasteiger partial charge on any atom is 0.0492 e. The summed E-state index contributed by atoms with van der Waals surface area (Å²) in [6.45, 7) is 3.17. The Morgan fingerprint density at radius 2 is 2.25 bits per heavy atom. The zero-order valence-corrected chi connectivity index (χ0v) is 7.66. The second-order valence-corrected chi connectivity index (χ2v) is 3.55. The molecule has 1 aromatic heterocycles. The monoisotopic (exact) mass is 164 g/mol. The average Bonchev–Trinajstić information content (AvgIpc) is 2.74. The van der Waals surface area contributed by atoms with Crippen LogP contribution in [-0.2, 0) is 6.54 Å². The van der Waals surface area contributed by atoms with Crippen molar-refractivity contribution in [3.8, 4) is 0 Å². The van der Waals surface area contributed by atoms with Gasteiger partial charge in [-0.1, -0.05) is 12.8 Å². The van der Waals surface area contributed by atoms with Crippen LogP contribution < -0.4 is 0 Å². The fourth-order valence-corrected chi connectivity index (χ4v) is 2.18. The molecule has 0 amide bonds. The maximum absolute atomic E-state index is 4.30. The van der Waals surface area contributed by atoms with Crippen molar-refractivity contribution in [2.45, 2.75) is 45.1 Å². The number of nitrogens with zero attached hydrogens (tertiary/aromatic N) is 2. The molecule has 0 saturated heterocycles. The smallest absolute Gasteiger partial charge is 0.0492 e. The summed E-state index contributed by atoms with van der Waals surface area (Å²) in [5.41, 5.74) is 1.45. The molecule has 2 rings (SSSR count). The number of hydrogen-bond acceptors (Lipinski definition) is 1. The number of rotatable bonds is 2. The number of aryl methyl sites for hydroxylation is 1. The zero-order chi connectivity index (χ0) is 8.39. The van der Waals surface area contributed by atoms with Crippen LogP contribution in [0.1, 0.15) is 44.2 Å². The molecule has 0 spiro atoms. The third-order valence-electron chi connectivity index (χ3n) is 2.82. The van der Waals surface area contributed by atoms with E-state index in [9.17, 15) is 0 Å². The Morgan fingerprint density at radius 1 is 1.50 bits per heavy atom. The van der Waals surface area contributed by atoms with Crippen molar-refractivity contribution in [1.29, 1.82) is 0 Å². The molecule has 0 N–H and O–H groups in total. The van der Waals surface area contributed by atoms with E-state index >= 15 is 0 Å². The molecule has 0 atom stereocenters. The third kappa shape index (κ3) is 1.26. The van der Waals surface area contributed by atoms with Gasteiger partial charge in [0.15, 0.2) is 0 Å². The van der Waals surface area contributed by atoms with Gasteiger partial charge in [0, 0.05) is 24.4 Å². The van der Waals surface area contributed by atoms with Crippen molar-refractivity contribution in [1.82, 2.24) is 9.78 Å². The Morgan fingerprint density at radius 3 is 2.92 bits per heavy atom. The van der Waals surface area contributed by atoms with Crippen molar-refractivity contribution >= 4 is 0 Å². The Balaban J connectivity index is 2.19. The summed E-state index contributed by atoms with van der Waals surface area (Å²) in [6.07, 6.45) is 7.47. The normalized spacial score (nSPS) is 18.8. The van der Waals surface area contributed by atoms with Crippen LogP contribution in [0.2, 0.25) is 0 Å². The Bertz CT molecular complexity index is 246. The lowest BCUT2D eigenvalue weighted by Gasteiger charge is -2.10. The Labute approximate surface area is 73.6 Å². The highest BCUT2D eigenvalue weighted by atomic mass is 15.3. The SMILES string of the molecule is CCn1nccc1C1CCCC1. The summed E-state index contributed by atoms with van der Waals surface area (Å²) in [4.78, 5) is 0. The van der Waals surface area contributed by atoms with Crippen LogP contribution >= 0.6 is 0 Å². The standard InChI is InChI=1S/C10H16N2/c1-2-12-10(7-8-11-12)9-5-3-4-6-9/h7-9H,2-6H2,1H3. The van der Waals surface area contributed by atoms with E-state index in [0.29, 0.717) is 0 Å². The maximum atomic E-state index is 4.30. The van der Waals surface area contributed by atoms with Crippen LogP contribution in [-0.4, -0.2) is 9.78 Å². The highest BCUT2D eigenvalue weighted by Crippen LogP contribution is 2.33. The third-order valence-corrected chi connectivity index (χ3v) is 2.82. The molecule has 66 valence electrons. The minimum absolute atomic E-state index is 0.799. The minimum atomic E-state index is 0.799. The largest absolute Gasteiger partial charge is 0.270 e. The lowest BCUT2D eigenvalue weighted by atomic mass is 10.0. The molecule has 0 bridgehead atoms. The first-order valence-corrected chi connectivity index (χ1v) is 4.93. The Kier molecular flexibility index (Phi) is 2.15. The second kappa shape index (κ2) is 3.30. The molecule has 2 heteroatoms. The van der Waals surface area contributed by atoms with E-state index < -0.39 is 0 Å². The van der Waals surface area contributed by atoms with Gasteiger partial charge in [-0.15, -0.1) is 0 Å². The fraction of sp³-hybridized carbons (Fsp3) is 0.700. The molecule has 0 aliphatic heterocycles. The molecule has 0 aromatic carbocycles. The summed E-state index contributed by atoms with van der Waals surface area (Å²) in [6, 6.07) is 2.18. The highest BCUT2D eigenvalue weighted by Gasteiger charge is 2.19. The van der Waals surface area contributed by atoms with Crippen molar-refractivity contribution in [2.75, 3.05) is 0 Å². The van der Waals surface area contributed by atoms with Crippen LogP contribution in [0.5, 0.6) is 0 Å². The second-order valence-electron chi connectivity index (χ2n) is 3.55. The van der Waals surface area contributed by atoms with Gasteiger partial charge in [0.2, 0.25) is 0 Å². The molecule has 1 saturated carbocycles. The lowest BCUT2D eigenvalue weighted by Crippen LogP contribution is -2.05. The van der Waals surface area contributed by atoms with E-state index in [1.165, 1.54) is 31.4 Å². The molecule has 2 nitrogen and oxygen atoms in total. The summed E-state index contributed by atoms with van der Waals surface area (Å²) in [5.74, 6) is 0.799. The molecule has 1 aromatic rings. The van der Waals surface area contributed by atoms with Gasteiger partial charge >= 0.3 is 0 Å². The fourth-order valence-electron chi connectivity index (χ4n) is 2.18. The summed E-state index contributed by atoms with van der Waals surface area (Å²) in [7, 11) is 0. The van der Waals surface area contributed by atoms with Crippen molar-refractivity contribution in [3.63, 3.8) is 0 Å². The van der Waals surface area contributed by atoms with Gasteiger partial charge in [-0.2, -0.15) is 5.10 Å². The van der Waals surface area contributed by atoms with Gasteiger partial charge in [0.1, 0.15) is 0 Å². The first-order valence-electron chi connectivity index (χ1n) is 4.93. The van der Waals surface area contributed by atoms with Gasteiger partial charge in [0.05, 0.1) is 0 Å². The number of aromatic nitrogens is 2. The minimum Gasteiger partial charge on any atom is -0.270 e. The molecule has 1 fully saturated rings. The van der Waals surface area contributed by atoms with Gasteiger partial charge in [-0.3, -0.25) is 4.68 Å². The average molecular weight is 164 g/mol. The van der Waals surface area contributed by atoms with E-state index in [1.807, 2.05) is 6.20 Å². The molecule has 1 heterocycles. The molecule has 0 unspecified atom stereocenters. The molecule has 1 aliphatic carbocycles. The highest BCUT2D eigenvalue weighted by molar-refractivity contribution is 5.09. The van der Waals surface area contributed by atoms with Crippen molar-refractivity contribution in [2.24, 2.45) is 0 Å². The van der Waals surface area contributed by atoms with Crippen LogP contribution in [0, 0.1) is 0 Å². The van der Waals surface area contributed by atoms with E-state index in [4.69, 9.17) is 0 Å². The summed E-state index contributed by atoms with van der Waals surface area (Å²) >= 11 is 0. The molecular weight excluding hydrogens is 148 g/mol. The van der Waals surface area contributed by atoms with E-state index in [2.05, 4.69) is 22.8 Å². The summed E-state index contributed by atoms with van der Waals surface area (Å²) < 4.78 is 2.13. The topological polar surface area (TPSA) is 17.8 Å². The molecule has 0 radical (unpaired) electrons. The van der Waals surface area contributed by atoms with Gasteiger partial charge in [-0.25, -0.2) is 0 Å². The van der Waals surface area contributed by atoms with Crippen molar-refractivity contribution in [3.05, 3.63) is 18.0 Å². The van der Waals surface area contributed by atoms with Gasteiger partial charge in [-0.05, 0) is 25.8 Å². The van der Waals surface area contributed by atoms with Crippen LogP contribution in [0.4, 0.5) is 0 Å². The van der Waals surface area contributed by atoms with Gasteiger partial charge < -0.3 is 0 Å². The zero-order valence-electron chi connectivity index (χ0n) is 7.66. The van der Waals surface area contributed by atoms with Crippen molar-refractivity contribution < 1.29 is 0 Å². The van der Waals surface area contributed by atoms with Crippen LogP contribution in [0.25, 0.3) is 0 Å². The number of hydrogen-bond donors (Lipinski definition) is 0. The van der Waals surface area contributed by atoms with Gasteiger partial charge in [0.25, 0.3) is 0 Å². The predicted octanol–water partition coefficient (Wildman–Crippen LogP) is 2.56. The Hall–Kier alpha value is -0.790. The first-order chi connectivity index (χ1) is 5.92. The van der Waals surface area contributed by atoms with Crippen LogP contribution in [0.3, 0.4) is 0 Å². The quantitative estimate of drug-likeness (QED) is 0.657. The van der Waals surface area contributed by atoms with E-state index in [-0.39, 0.29) is 0 Å². The predicted molar refractivity (Wildman–Crippen MR) is 49.1 cm³/mol. The van der Waals surface area contributed by atoms with E-state index in [1.54, 1.807) is 0 Å².